The van der Waals surface area contributed by atoms with Crippen LogP contribution in [0.2, 0.25) is 0 Å². The van der Waals surface area contributed by atoms with Crippen LogP contribution in [0.3, 0.4) is 0 Å². The molecule has 19 heavy (non-hydrogen) atoms. The molecule has 0 unspecified atom stereocenters. The fourth-order valence-corrected chi connectivity index (χ4v) is 3.07. The molecule has 2 saturated carbocycles. The topological polar surface area (TPSA) is 16.1 Å². The molecule has 2 nitrogen and oxygen atoms in total. The fraction of sp³-hybridized carbons (Fsp3) is 0.688. The third-order valence-corrected chi connectivity index (χ3v) is 4.51. The molecule has 0 aliphatic heterocycles. The molecule has 1 heterocycles. The van der Waals surface area contributed by atoms with Gasteiger partial charge in [-0.25, -0.2) is 4.98 Å². The highest BCUT2D eigenvalue weighted by atomic mass is 35.5. The van der Waals surface area contributed by atoms with Crippen molar-refractivity contribution in [3.05, 3.63) is 22.9 Å². The Bertz CT molecular complexity index is 450. The zero-order valence-electron chi connectivity index (χ0n) is 12.0. The lowest BCUT2D eigenvalue weighted by Crippen LogP contribution is -2.30. The van der Waals surface area contributed by atoms with Crippen LogP contribution in [0.15, 0.2) is 6.07 Å². The largest absolute Gasteiger partial charge is 0.356 e. The first-order valence-corrected chi connectivity index (χ1v) is 7.99. The number of hydrogen-bond donors (Lipinski definition) is 0. The van der Waals surface area contributed by atoms with Crippen molar-refractivity contribution >= 4 is 17.4 Å². The van der Waals surface area contributed by atoms with Crippen molar-refractivity contribution in [2.75, 3.05) is 18.0 Å². The van der Waals surface area contributed by atoms with Crippen molar-refractivity contribution < 1.29 is 0 Å². The molecule has 3 rings (SSSR count). The van der Waals surface area contributed by atoms with Gasteiger partial charge in [0.05, 0.1) is 5.88 Å². The lowest BCUT2D eigenvalue weighted by molar-refractivity contribution is 0.668. The van der Waals surface area contributed by atoms with Gasteiger partial charge in [0.15, 0.2) is 0 Å². The van der Waals surface area contributed by atoms with Gasteiger partial charge in [0, 0.05) is 24.3 Å². The lowest BCUT2D eigenvalue weighted by atomic mass is 10.1. The molecule has 0 bridgehead atoms. The number of hydrogen-bond acceptors (Lipinski definition) is 2. The van der Waals surface area contributed by atoms with Crippen LogP contribution in [-0.4, -0.2) is 18.1 Å². The second-order valence-corrected chi connectivity index (χ2v) is 6.58. The predicted molar refractivity (Wildman–Crippen MR) is 80.9 cm³/mol. The summed E-state index contributed by atoms with van der Waals surface area (Å²) in [7, 11) is 0. The Kier molecular flexibility index (Phi) is 3.70. The van der Waals surface area contributed by atoms with Crippen molar-refractivity contribution in [2.45, 2.75) is 45.4 Å². The molecular formula is C16H23ClN2. The van der Waals surface area contributed by atoms with Crippen molar-refractivity contribution in [3.8, 4) is 0 Å². The normalized spacial score (nSPS) is 18.7. The standard InChI is InChI=1S/C16H23ClN2/c1-11-7-12(2)18-16(15(11)8-17)19(9-13-3-4-13)10-14-5-6-14/h7,13-14H,3-6,8-10H2,1-2H3. The van der Waals surface area contributed by atoms with E-state index in [1.807, 2.05) is 0 Å². The molecule has 1 aromatic heterocycles. The summed E-state index contributed by atoms with van der Waals surface area (Å²) in [4.78, 5) is 7.33. The molecule has 104 valence electrons. The summed E-state index contributed by atoms with van der Waals surface area (Å²) in [5, 5.41) is 0. The van der Waals surface area contributed by atoms with E-state index in [0.29, 0.717) is 5.88 Å². The highest BCUT2D eigenvalue weighted by Gasteiger charge is 2.31. The van der Waals surface area contributed by atoms with Crippen LogP contribution < -0.4 is 4.90 Å². The molecule has 2 fully saturated rings. The van der Waals surface area contributed by atoms with Gasteiger partial charge in [-0.3, -0.25) is 0 Å². The highest BCUT2D eigenvalue weighted by molar-refractivity contribution is 6.17. The van der Waals surface area contributed by atoms with Crippen molar-refractivity contribution in [1.82, 2.24) is 4.98 Å². The predicted octanol–water partition coefficient (Wildman–Crippen LogP) is 4.06. The van der Waals surface area contributed by atoms with Gasteiger partial charge < -0.3 is 4.90 Å². The molecule has 2 aliphatic rings. The molecule has 3 heteroatoms. The number of aryl methyl sites for hydroxylation is 2. The Morgan fingerprint density at radius 3 is 2.21 bits per heavy atom. The van der Waals surface area contributed by atoms with Crippen LogP contribution in [0.25, 0.3) is 0 Å². The van der Waals surface area contributed by atoms with Crippen molar-refractivity contribution in [1.29, 1.82) is 0 Å². The minimum atomic E-state index is 0.570. The van der Waals surface area contributed by atoms with Crippen LogP contribution >= 0.6 is 11.6 Å². The average Bonchev–Trinajstić information content (AvgIpc) is 3.22. The second-order valence-electron chi connectivity index (χ2n) is 6.31. The highest BCUT2D eigenvalue weighted by Crippen LogP contribution is 2.37. The van der Waals surface area contributed by atoms with E-state index >= 15 is 0 Å². The van der Waals surface area contributed by atoms with Gasteiger partial charge in [-0.15, -0.1) is 11.6 Å². The molecule has 0 saturated heterocycles. The molecule has 0 N–H and O–H groups in total. The summed E-state index contributed by atoms with van der Waals surface area (Å²) in [5.74, 6) is 3.51. The minimum Gasteiger partial charge on any atom is -0.356 e. The monoisotopic (exact) mass is 278 g/mol. The van der Waals surface area contributed by atoms with E-state index in [2.05, 4.69) is 24.8 Å². The second kappa shape index (κ2) is 5.32. The number of nitrogens with zero attached hydrogens (tertiary/aromatic N) is 2. The van der Waals surface area contributed by atoms with Gasteiger partial charge >= 0.3 is 0 Å². The molecule has 0 atom stereocenters. The quantitative estimate of drug-likeness (QED) is 0.730. The van der Waals surface area contributed by atoms with E-state index in [4.69, 9.17) is 16.6 Å². The van der Waals surface area contributed by atoms with E-state index < -0.39 is 0 Å². The van der Waals surface area contributed by atoms with Crippen LogP contribution in [0.4, 0.5) is 5.82 Å². The van der Waals surface area contributed by atoms with Crippen molar-refractivity contribution in [3.63, 3.8) is 0 Å². The molecule has 0 aromatic carbocycles. The number of aromatic nitrogens is 1. The van der Waals surface area contributed by atoms with E-state index in [1.54, 1.807) is 0 Å². The first-order chi connectivity index (χ1) is 9.17. The van der Waals surface area contributed by atoms with Crippen LogP contribution in [0.5, 0.6) is 0 Å². The first-order valence-electron chi connectivity index (χ1n) is 7.45. The summed E-state index contributed by atoms with van der Waals surface area (Å²) in [6.07, 6.45) is 5.56. The molecule has 0 spiro atoms. The number of halogens is 1. The lowest BCUT2D eigenvalue weighted by Gasteiger charge is -2.27. The van der Waals surface area contributed by atoms with Gasteiger partial charge in [0.1, 0.15) is 5.82 Å². The van der Waals surface area contributed by atoms with Gasteiger partial charge in [0.25, 0.3) is 0 Å². The maximum absolute atomic E-state index is 6.17. The maximum Gasteiger partial charge on any atom is 0.133 e. The summed E-state index contributed by atoms with van der Waals surface area (Å²) < 4.78 is 0. The molecule has 0 amide bonds. The molecule has 0 radical (unpaired) electrons. The number of anilines is 1. The zero-order valence-corrected chi connectivity index (χ0v) is 12.7. The van der Waals surface area contributed by atoms with Crippen LogP contribution in [0, 0.1) is 25.7 Å². The SMILES string of the molecule is Cc1cc(C)c(CCl)c(N(CC2CC2)CC2CC2)n1. The van der Waals surface area contributed by atoms with Gasteiger partial charge in [-0.1, -0.05) is 0 Å². The number of pyridine rings is 1. The Labute approximate surface area is 121 Å². The molecule has 2 aliphatic carbocycles. The average molecular weight is 279 g/mol. The Morgan fingerprint density at radius 1 is 1.16 bits per heavy atom. The zero-order chi connectivity index (χ0) is 13.4. The first kappa shape index (κ1) is 13.2. The third kappa shape index (κ3) is 3.22. The smallest absolute Gasteiger partial charge is 0.133 e. The van der Waals surface area contributed by atoms with Crippen LogP contribution in [-0.2, 0) is 5.88 Å². The van der Waals surface area contributed by atoms with E-state index in [-0.39, 0.29) is 0 Å². The summed E-state index contributed by atoms with van der Waals surface area (Å²) in [6, 6.07) is 2.15. The Morgan fingerprint density at radius 2 is 1.74 bits per heavy atom. The summed E-state index contributed by atoms with van der Waals surface area (Å²) in [5.41, 5.74) is 3.63. The molecular weight excluding hydrogens is 256 g/mol. The third-order valence-electron chi connectivity index (χ3n) is 4.24. The Balaban J connectivity index is 1.89. The van der Waals surface area contributed by atoms with Crippen LogP contribution in [0.1, 0.15) is 42.5 Å². The van der Waals surface area contributed by atoms with Gasteiger partial charge in [0.2, 0.25) is 0 Å². The molecule has 1 aromatic rings. The van der Waals surface area contributed by atoms with E-state index in [0.717, 1.165) is 23.3 Å². The minimum absolute atomic E-state index is 0.570. The summed E-state index contributed by atoms with van der Waals surface area (Å²) in [6.45, 7) is 6.59. The number of alkyl halides is 1. The Hall–Kier alpha value is -0.760. The van der Waals surface area contributed by atoms with Crippen molar-refractivity contribution in [2.24, 2.45) is 11.8 Å². The number of rotatable bonds is 6. The van der Waals surface area contributed by atoms with Gasteiger partial charge in [-0.2, -0.15) is 0 Å². The summed E-state index contributed by atoms with van der Waals surface area (Å²) >= 11 is 6.17. The van der Waals surface area contributed by atoms with E-state index in [9.17, 15) is 0 Å². The van der Waals surface area contributed by atoms with E-state index in [1.165, 1.54) is 49.9 Å². The van der Waals surface area contributed by atoms with Gasteiger partial charge in [-0.05, 0) is 63.0 Å². The fourth-order valence-electron chi connectivity index (χ4n) is 2.74. The maximum atomic E-state index is 6.17.